The molecule has 2 heteroatoms. The van der Waals surface area contributed by atoms with E-state index in [-0.39, 0.29) is 0 Å². The Kier molecular flexibility index (Phi) is 3.36. The van der Waals surface area contributed by atoms with Crippen LogP contribution in [0.4, 0.5) is 0 Å². The molecule has 0 aliphatic heterocycles. The molecule has 0 bridgehead atoms. The highest BCUT2D eigenvalue weighted by Crippen LogP contribution is 1.60. The van der Waals surface area contributed by atoms with Crippen molar-refractivity contribution >= 4 is 17.8 Å². The minimum absolute atomic E-state index is 1.15. The zero-order chi connectivity index (χ0) is 4.12. The summed E-state index contributed by atoms with van der Waals surface area (Å²) in [6.45, 7) is 3.23. The van der Waals surface area contributed by atoms with E-state index in [0.717, 1.165) is 5.55 Å². The van der Waals surface area contributed by atoms with Crippen molar-refractivity contribution in [2.24, 2.45) is 0 Å². The van der Waals surface area contributed by atoms with Gasteiger partial charge >= 0.3 is 0 Å². The molecule has 1 nitrogen and oxygen atoms in total. The molecule has 0 aliphatic rings. The zero-order valence-electron chi connectivity index (χ0n) is 2.68. The fraction of sp³-hybridized carbons (Fsp3) is 0. The molecule has 5 heavy (non-hydrogen) atoms. The molecule has 0 saturated heterocycles. The first-order valence-electron chi connectivity index (χ1n) is 1.12. The minimum Gasteiger partial charge on any atom is -0.462 e. The van der Waals surface area contributed by atoms with Crippen LogP contribution in [0, 0.1) is 0 Å². The van der Waals surface area contributed by atoms with Crippen LogP contribution in [-0.4, -0.2) is 5.55 Å². The van der Waals surface area contributed by atoms with Gasteiger partial charge in [-0.3, -0.25) is 0 Å². The second-order valence-corrected chi connectivity index (χ2v) is 0.591. The molecule has 0 aliphatic carbocycles. The van der Waals surface area contributed by atoms with E-state index in [1.54, 1.807) is 0 Å². The SMILES string of the molecule is C=COC=S. The molecule has 0 rings (SSSR count). The maximum absolute atomic E-state index is 4.29. The summed E-state index contributed by atoms with van der Waals surface area (Å²) in [5.41, 5.74) is 1.15. The lowest BCUT2D eigenvalue weighted by atomic mass is 11.2. The van der Waals surface area contributed by atoms with Crippen molar-refractivity contribution in [3.63, 3.8) is 0 Å². The summed E-state index contributed by atoms with van der Waals surface area (Å²) >= 11 is 4.23. The molecule has 0 fully saturated rings. The van der Waals surface area contributed by atoms with Gasteiger partial charge in [0.05, 0.1) is 6.26 Å². The molecular weight excluding hydrogens is 84.1 g/mol. The number of hydrogen-bond acceptors (Lipinski definition) is 2. The highest BCUT2D eigenvalue weighted by atomic mass is 32.1. The van der Waals surface area contributed by atoms with Gasteiger partial charge in [0.15, 0.2) is 5.55 Å². The second-order valence-electron chi connectivity index (χ2n) is 0.399. The smallest absolute Gasteiger partial charge is 0.153 e. The van der Waals surface area contributed by atoms with E-state index >= 15 is 0 Å². The lowest BCUT2D eigenvalue weighted by Gasteiger charge is -1.74. The summed E-state index contributed by atoms with van der Waals surface area (Å²) in [6, 6.07) is 0. The molecule has 0 aromatic carbocycles. The molecule has 0 amide bonds. The predicted octanol–water partition coefficient (Wildman–Crippen LogP) is 1.10. The van der Waals surface area contributed by atoms with Gasteiger partial charge in [-0.15, -0.1) is 0 Å². The van der Waals surface area contributed by atoms with Gasteiger partial charge in [0.25, 0.3) is 0 Å². The van der Waals surface area contributed by atoms with E-state index in [9.17, 15) is 0 Å². The predicted molar refractivity (Wildman–Crippen MR) is 24.9 cm³/mol. The molecular formula is C3H4OS. The second kappa shape index (κ2) is 3.63. The van der Waals surface area contributed by atoms with Crippen molar-refractivity contribution in [2.75, 3.05) is 0 Å². The summed E-state index contributed by atoms with van der Waals surface area (Å²) in [4.78, 5) is 0. The first-order valence-corrected chi connectivity index (χ1v) is 1.59. The molecule has 0 heterocycles. The molecule has 0 radical (unpaired) electrons. The van der Waals surface area contributed by atoms with Crippen molar-refractivity contribution in [3.8, 4) is 0 Å². The first kappa shape index (κ1) is 4.63. The lowest BCUT2D eigenvalue weighted by molar-refractivity contribution is 0.507. The Bertz CT molecular complexity index is 36.2. The highest BCUT2D eigenvalue weighted by Gasteiger charge is 1.48. The van der Waals surface area contributed by atoms with Crippen LogP contribution in [-0.2, 0) is 4.74 Å². The van der Waals surface area contributed by atoms with Gasteiger partial charge in [0.1, 0.15) is 0 Å². The average molecular weight is 88.1 g/mol. The Labute approximate surface area is 36.3 Å². The molecule has 0 N–H and O–H groups in total. The van der Waals surface area contributed by atoms with Crippen molar-refractivity contribution in [3.05, 3.63) is 12.8 Å². The number of rotatable bonds is 2. The zero-order valence-corrected chi connectivity index (χ0v) is 3.49. The Morgan fingerprint density at radius 2 is 2.40 bits per heavy atom. The van der Waals surface area contributed by atoms with Gasteiger partial charge in [-0.05, 0) is 12.2 Å². The lowest BCUT2D eigenvalue weighted by Crippen LogP contribution is -1.62. The summed E-state index contributed by atoms with van der Waals surface area (Å²) in [5.74, 6) is 0. The standard InChI is InChI=1S/C3H4OS/c1-2-4-3-5/h2-3H,1H2. The van der Waals surface area contributed by atoms with Gasteiger partial charge < -0.3 is 4.74 Å². The Morgan fingerprint density at radius 1 is 1.80 bits per heavy atom. The first-order chi connectivity index (χ1) is 2.41. The number of ether oxygens (including phenoxy) is 1. The third kappa shape index (κ3) is 3.63. The van der Waals surface area contributed by atoms with Crippen molar-refractivity contribution < 1.29 is 4.74 Å². The van der Waals surface area contributed by atoms with Crippen LogP contribution in [0.3, 0.4) is 0 Å². The van der Waals surface area contributed by atoms with Crippen molar-refractivity contribution in [2.45, 2.75) is 0 Å². The molecule has 28 valence electrons. The molecule has 0 spiro atoms. The molecule has 0 aromatic rings. The monoisotopic (exact) mass is 88.0 g/mol. The van der Waals surface area contributed by atoms with E-state index in [0.29, 0.717) is 0 Å². The summed E-state index contributed by atoms with van der Waals surface area (Å²) in [6.07, 6.45) is 1.27. The quantitative estimate of drug-likeness (QED) is 0.369. The van der Waals surface area contributed by atoms with Crippen LogP contribution in [0.15, 0.2) is 12.8 Å². The summed E-state index contributed by atoms with van der Waals surface area (Å²) in [7, 11) is 0. The van der Waals surface area contributed by atoms with Crippen LogP contribution in [0.5, 0.6) is 0 Å². The van der Waals surface area contributed by atoms with E-state index in [1.165, 1.54) is 6.26 Å². The van der Waals surface area contributed by atoms with E-state index in [1.807, 2.05) is 0 Å². The van der Waals surface area contributed by atoms with E-state index in [4.69, 9.17) is 0 Å². The molecule has 0 saturated carbocycles. The van der Waals surface area contributed by atoms with Gasteiger partial charge in [-0.2, -0.15) is 0 Å². The summed E-state index contributed by atoms with van der Waals surface area (Å²) in [5, 5.41) is 0. The Hall–Kier alpha value is -0.370. The normalized spacial score (nSPS) is 5.60. The van der Waals surface area contributed by atoms with Crippen LogP contribution < -0.4 is 0 Å². The van der Waals surface area contributed by atoms with E-state index < -0.39 is 0 Å². The van der Waals surface area contributed by atoms with Gasteiger partial charge in [0.2, 0.25) is 0 Å². The average Bonchev–Trinajstić information content (AvgIpc) is 1.41. The number of hydrogen-bond donors (Lipinski definition) is 0. The number of thiocarbonyl (C=S) groups is 1. The maximum atomic E-state index is 4.29. The van der Waals surface area contributed by atoms with Crippen LogP contribution in [0.25, 0.3) is 0 Å². The fourth-order valence-corrected chi connectivity index (χ4v) is 0.118. The van der Waals surface area contributed by atoms with Gasteiger partial charge in [-0.1, -0.05) is 6.58 Å². The third-order valence-electron chi connectivity index (χ3n) is 0.152. The summed E-state index contributed by atoms with van der Waals surface area (Å²) < 4.78 is 4.29. The molecule has 0 atom stereocenters. The molecule has 0 unspecified atom stereocenters. The van der Waals surface area contributed by atoms with Crippen molar-refractivity contribution in [1.29, 1.82) is 0 Å². The highest BCUT2D eigenvalue weighted by molar-refractivity contribution is 7.78. The molecule has 0 aromatic heterocycles. The fourth-order valence-electron chi connectivity index (χ4n) is 0.0393. The van der Waals surface area contributed by atoms with Crippen molar-refractivity contribution in [1.82, 2.24) is 0 Å². The van der Waals surface area contributed by atoms with Gasteiger partial charge in [0, 0.05) is 0 Å². The topological polar surface area (TPSA) is 9.23 Å². The van der Waals surface area contributed by atoms with Crippen LogP contribution in [0.1, 0.15) is 0 Å². The largest absolute Gasteiger partial charge is 0.462 e. The van der Waals surface area contributed by atoms with Crippen LogP contribution in [0.2, 0.25) is 0 Å². The maximum Gasteiger partial charge on any atom is 0.153 e. The van der Waals surface area contributed by atoms with E-state index in [2.05, 4.69) is 23.5 Å². The van der Waals surface area contributed by atoms with Gasteiger partial charge in [-0.25, -0.2) is 0 Å². The third-order valence-corrected chi connectivity index (χ3v) is 0.263. The Morgan fingerprint density at radius 3 is 2.40 bits per heavy atom. The Balaban J connectivity index is 2.65. The van der Waals surface area contributed by atoms with Crippen LogP contribution >= 0.6 is 12.2 Å². The minimum atomic E-state index is 1.15.